The van der Waals surface area contributed by atoms with Gasteiger partial charge in [0.2, 0.25) is 5.43 Å². The van der Waals surface area contributed by atoms with Gasteiger partial charge in [0.25, 0.3) is 5.91 Å². The molecule has 4 rings (SSSR count). The Balaban J connectivity index is 1.88. The first-order chi connectivity index (χ1) is 14.5. The van der Waals surface area contributed by atoms with Gasteiger partial charge in [0.05, 0.1) is 18.7 Å². The minimum atomic E-state index is -0.736. The number of nitrogens with zero attached hydrogens (tertiary/aromatic N) is 3. The van der Waals surface area contributed by atoms with Gasteiger partial charge in [-0.3, -0.25) is 19.5 Å². The number of aryl methyl sites for hydroxylation is 1. The van der Waals surface area contributed by atoms with E-state index in [1.807, 2.05) is 24.3 Å². The number of amides is 1. The molecule has 0 bridgehead atoms. The van der Waals surface area contributed by atoms with Crippen molar-refractivity contribution in [1.29, 1.82) is 0 Å². The van der Waals surface area contributed by atoms with E-state index in [0.717, 1.165) is 29.8 Å². The summed E-state index contributed by atoms with van der Waals surface area (Å²) in [6.45, 7) is 3.71. The Morgan fingerprint density at radius 3 is 2.63 bits per heavy atom. The van der Waals surface area contributed by atoms with Crippen molar-refractivity contribution >= 4 is 16.8 Å². The van der Waals surface area contributed by atoms with Crippen molar-refractivity contribution in [2.24, 2.45) is 12.8 Å². The van der Waals surface area contributed by atoms with Gasteiger partial charge in [-0.1, -0.05) is 11.8 Å². The number of fused-ring (bicyclic) bond motifs is 1. The highest BCUT2D eigenvalue weighted by Crippen LogP contribution is 2.20. The van der Waals surface area contributed by atoms with Crippen LogP contribution in [-0.2, 0) is 18.3 Å². The lowest BCUT2D eigenvalue weighted by atomic mass is 10.0. The molecule has 0 atom stereocenters. The number of hydrogen-bond donors (Lipinski definition) is 1. The number of hydrogen-bond acceptors (Lipinski definition) is 5. The van der Waals surface area contributed by atoms with E-state index in [0.29, 0.717) is 30.7 Å². The van der Waals surface area contributed by atoms with E-state index in [9.17, 15) is 9.59 Å². The quantitative estimate of drug-likeness (QED) is 0.666. The Hall–Kier alpha value is -3.47. The van der Waals surface area contributed by atoms with Gasteiger partial charge in [0.15, 0.2) is 0 Å². The molecular formula is C23H22N4O3. The predicted molar refractivity (Wildman–Crippen MR) is 114 cm³/mol. The number of aromatic nitrogens is 2. The highest BCUT2D eigenvalue weighted by atomic mass is 16.5. The van der Waals surface area contributed by atoms with Gasteiger partial charge >= 0.3 is 0 Å². The zero-order chi connectivity index (χ0) is 21.1. The first-order valence-corrected chi connectivity index (χ1v) is 9.71. The lowest BCUT2D eigenvalue weighted by Gasteiger charge is -2.26. The zero-order valence-corrected chi connectivity index (χ0v) is 16.7. The second-order valence-electron chi connectivity index (χ2n) is 7.26. The molecule has 0 saturated carbocycles. The largest absolute Gasteiger partial charge is 0.379 e. The summed E-state index contributed by atoms with van der Waals surface area (Å²) < 4.78 is 7.16. The molecule has 30 heavy (non-hydrogen) atoms. The molecule has 2 aromatic heterocycles. The van der Waals surface area contributed by atoms with E-state index >= 15 is 0 Å². The van der Waals surface area contributed by atoms with Crippen molar-refractivity contribution in [3.8, 4) is 11.8 Å². The molecule has 1 aliphatic rings. The number of ether oxygens (including phenoxy) is 1. The molecule has 3 aromatic rings. The van der Waals surface area contributed by atoms with Gasteiger partial charge in [-0.25, -0.2) is 0 Å². The van der Waals surface area contributed by atoms with Crippen LogP contribution in [0, 0.1) is 11.8 Å². The van der Waals surface area contributed by atoms with Gasteiger partial charge in [-0.05, 0) is 29.8 Å². The van der Waals surface area contributed by atoms with Gasteiger partial charge in [0, 0.05) is 61.8 Å². The Bertz CT molecular complexity index is 1220. The van der Waals surface area contributed by atoms with Crippen LogP contribution in [0.15, 0.2) is 47.7 Å². The van der Waals surface area contributed by atoms with Crippen molar-refractivity contribution in [3.05, 3.63) is 75.3 Å². The van der Waals surface area contributed by atoms with Crippen LogP contribution < -0.4 is 11.2 Å². The fourth-order valence-electron chi connectivity index (χ4n) is 3.66. The lowest BCUT2D eigenvalue weighted by molar-refractivity contribution is 0.0342. The maximum absolute atomic E-state index is 13.0. The van der Waals surface area contributed by atoms with E-state index in [4.69, 9.17) is 10.5 Å². The number of nitrogens with two attached hydrogens (primary N) is 1. The maximum atomic E-state index is 13.0. The number of primary amides is 1. The standard InChI is InChI=1S/C23H22N4O3/c1-26-15-20(23(24)29)22(28)19-13-17(14-27-8-10-30-11-9-27)12-18(21(19)26)3-2-16-4-6-25-7-5-16/h4-7,12-13,15H,8-11,14H2,1H3,(H2,24,29). The number of carbonyl (C=O) groups is 1. The highest BCUT2D eigenvalue weighted by Gasteiger charge is 2.17. The van der Waals surface area contributed by atoms with E-state index in [2.05, 4.69) is 21.7 Å². The second kappa shape index (κ2) is 8.49. The van der Waals surface area contributed by atoms with Crippen LogP contribution in [0.4, 0.5) is 0 Å². The van der Waals surface area contributed by atoms with Crippen molar-refractivity contribution in [2.75, 3.05) is 26.3 Å². The first kappa shape index (κ1) is 19.8. The Labute approximate surface area is 174 Å². The first-order valence-electron chi connectivity index (χ1n) is 9.71. The van der Waals surface area contributed by atoms with Gasteiger partial charge in [-0.15, -0.1) is 0 Å². The monoisotopic (exact) mass is 402 g/mol. The van der Waals surface area contributed by atoms with Gasteiger partial charge < -0.3 is 15.0 Å². The lowest BCUT2D eigenvalue weighted by Crippen LogP contribution is -2.35. The summed E-state index contributed by atoms with van der Waals surface area (Å²) in [4.78, 5) is 31.0. The molecule has 0 radical (unpaired) electrons. The van der Waals surface area contributed by atoms with Gasteiger partial charge in [0.1, 0.15) is 5.56 Å². The molecule has 1 aromatic carbocycles. The molecule has 7 nitrogen and oxygen atoms in total. The molecule has 0 spiro atoms. The summed E-state index contributed by atoms with van der Waals surface area (Å²) in [5.74, 6) is 5.60. The van der Waals surface area contributed by atoms with Crippen LogP contribution in [0.1, 0.15) is 27.0 Å². The molecule has 0 unspecified atom stereocenters. The number of rotatable bonds is 3. The fourth-order valence-corrected chi connectivity index (χ4v) is 3.66. The predicted octanol–water partition coefficient (Wildman–Crippen LogP) is 1.26. The molecule has 2 N–H and O–H groups in total. The molecule has 152 valence electrons. The third kappa shape index (κ3) is 4.10. The summed E-state index contributed by atoms with van der Waals surface area (Å²) in [5.41, 5.74) is 8.22. The van der Waals surface area contributed by atoms with Gasteiger partial charge in [-0.2, -0.15) is 0 Å². The van der Waals surface area contributed by atoms with Crippen LogP contribution in [0.5, 0.6) is 0 Å². The Morgan fingerprint density at radius 1 is 1.20 bits per heavy atom. The summed E-state index contributed by atoms with van der Waals surface area (Å²) >= 11 is 0. The van der Waals surface area contributed by atoms with E-state index < -0.39 is 5.91 Å². The molecular weight excluding hydrogens is 380 g/mol. The van der Waals surface area contributed by atoms with E-state index in [1.54, 1.807) is 24.0 Å². The summed E-state index contributed by atoms with van der Waals surface area (Å²) in [7, 11) is 1.79. The minimum Gasteiger partial charge on any atom is -0.379 e. The normalized spacial score (nSPS) is 14.3. The van der Waals surface area contributed by atoms with Crippen molar-refractivity contribution in [1.82, 2.24) is 14.5 Å². The number of pyridine rings is 2. The molecule has 0 aliphatic carbocycles. The summed E-state index contributed by atoms with van der Waals surface area (Å²) in [6, 6.07) is 7.51. The van der Waals surface area contributed by atoms with Crippen molar-refractivity contribution < 1.29 is 9.53 Å². The second-order valence-corrected chi connectivity index (χ2v) is 7.26. The zero-order valence-electron chi connectivity index (χ0n) is 16.7. The number of carbonyl (C=O) groups excluding carboxylic acids is 1. The molecule has 1 amide bonds. The fraction of sp³-hybridized carbons (Fsp3) is 0.261. The number of benzene rings is 1. The van der Waals surface area contributed by atoms with E-state index in [1.165, 1.54) is 6.20 Å². The smallest absolute Gasteiger partial charge is 0.254 e. The third-order valence-corrected chi connectivity index (χ3v) is 5.13. The molecule has 1 aliphatic heterocycles. The number of morpholine rings is 1. The third-order valence-electron chi connectivity index (χ3n) is 5.13. The topological polar surface area (TPSA) is 90.5 Å². The average Bonchev–Trinajstić information content (AvgIpc) is 2.75. The van der Waals surface area contributed by atoms with Crippen LogP contribution in [0.25, 0.3) is 10.9 Å². The van der Waals surface area contributed by atoms with Crippen molar-refractivity contribution in [3.63, 3.8) is 0 Å². The van der Waals surface area contributed by atoms with Crippen molar-refractivity contribution in [2.45, 2.75) is 6.54 Å². The van der Waals surface area contributed by atoms with Crippen LogP contribution >= 0.6 is 0 Å². The van der Waals surface area contributed by atoms with Crippen LogP contribution in [0.3, 0.4) is 0 Å². The Kier molecular flexibility index (Phi) is 5.61. The van der Waals surface area contributed by atoms with Crippen LogP contribution in [-0.4, -0.2) is 46.7 Å². The SMILES string of the molecule is Cn1cc(C(N)=O)c(=O)c2cc(CN3CCOCC3)cc(C#Cc3ccncc3)c21. The summed E-state index contributed by atoms with van der Waals surface area (Å²) in [5, 5.41) is 0.443. The molecule has 3 heterocycles. The minimum absolute atomic E-state index is 0.0263. The average molecular weight is 402 g/mol. The molecule has 1 saturated heterocycles. The summed E-state index contributed by atoms with van der Waals surface area (Å²) in [6.07, 6.45) is 4.85. The Morgan fingerprint density at radius 2 is 1.93 bits per heavy atom. The van der Waals surface area contributed by atoms with Crippen LogP contribution in [0.2, 0.25) is 0 Å². The maximum Gasteiger partial charge on any atom is 0.254 e. The van der Waals surface area contributed by atoms with E-state index in [-0.39, 0.29) is 11.0 Å². The molecule has 7 heteroatoms. The molecule has 1 fully saturated rings. The highest BCUT2D eigenvalue weighted by molar-refractivity contribution is 5.97.